The predicted molar refractivity (Wildman–Crippen MR) is 362 cm³/mol. The second-order valence-electron chi connectivity index (χ2n) is 23.8. The molecule has 0 amide bonds. The molecule has 0 rings (SSSR count). The summed E-state index contributed by atoms with van der Waals surface area (Å²) in [6.07, 6.45) is 95.6. The number of hydrogen-bond donors (Lipinski definition) is 0. The van der Waals surface area contributed by atoms with Gasteiger partial charge in [0.1, 0.15) is 13.2 Å². The number of hydrogen-bond acceptors (Lipinski definition) is 6. The highest BCUT2D eigenvalue weighted by Crippen LogP contribution is 2.17. The van der Waals surface area contributed by atoms with E-state index < -0.39 is 6.10 Å². The highest BCUT2D eigenvalue weighted by Gasteiger charge is 2.19. The van der Waals surface area contributed by atoms with Crippen molar-refractivity contribution >= 4 is 17.9 Å². The number of unbranched alkanes of at least 4 members (excludes halogenated alkanes) is 38. The lowest BCUT2D eigenvalue weighted by Gasteiger charge is -2.18. The van der Waals surface area contributed by atoms with Gasteiger partial charge in [-0.15, -0.1) is 0 Å². The third-order valence-corrected chi connectivity index (χ3v) is 15.6. The first kappa shape index (κ1) is 79.3. The molecule has 0 N–H and O–H groups in total. The van der Waals surface area contributed by atoms with E-state index in [4.69, 9.17) is 14.2 Å². The number of ether oxygens (including phenoxy) is 3. The molecule has 0 bridgehead atoms. The molecule has 0 radical (unpaired) electrons. The van der Waals surface area contributed by atoms with E-state index in [1.54, 1.807) is 0 Å². The summed E-state index contributed by atoms with van der Waals surface area (Å²) in [6.45, 7) is 6.56. The Morgan fingerprint density at radius 2 is 0.470 bits per heavy atom. The molecule has 0 aliphatic rings. The summed E-state index contributed by atoms with van der Waals surface area (Å²) in [5, 5.41) is 0. The molecule has 0 aromatic carbocycles. The summed E-state index contributed by atoms with van der Waals surface area (Å²) in [5.41, 5.74) is 0. The Hall–Kier alpha value is -3.67. The molecule has 0 saturated heterocycles. The van der Waals surface area contributed by atoms with Crippen LogP contribution in [0.2, 0.25) is 0 Å². The Morgan fingerprint density at radius 3 is 0.747 bits per heavy atom. The van der Waals surface area contributed by atoms with E-state index >= 15 is 0 Å². The minimum absolute atomic E-state index is 0.0778. The maximum absolute atomic E-state index is 13.0. The number of rotatable bonds is 65. The molecule has 6 heteroatoms. The fourth-order valence-corrected chi connectivity index (χ4v) is 10.2. The van der Waals surface area contributed by atoms with Gasteiger partial charge in [-0.25, -0.2) is 0 Å². The quantitative estimate of drug-likeness (QED) is 0.0261. The summed E-state index contributed by atoms with van der Waals surface area (Å²) in [5.74, 6) is -0.872. The van der Waals surface area contributed by atoms with Crippen LogP contribution in [-0.4, -0.2) is 37.2 Å². The Balaban J connectivity index is 4.35. The van der Waals surface area contributed by atoms with Crippen LogP contribution in [-0.2, 0) is 28.6 Å². The molecule has 478 valence electrons. The van der Waals surface area contributed by atoms with Gasteiger partial charge in [-0.1, -0.05) is 330 Å². The molecule has 0 aliphatic carbocycles. The van der Waals surface area contributed by atoms with Crippen molar-refractivity contribution in [3.8, 4) is 0 Å². The van der Waals surface area contributed by atoms with Crippen molar-refractivity contribution < 1.29 is 28.6 Å². The van der Waals surface area contributed by atoms with Gasteiger partial charge < -0.3 is 14.2 Å². The highest BCUT2D eigenvalue weighted by atomic mass is 16.6. The van der Waals surface area contributed by atoms with Crippen molar-refractivity contribution in [3.05, 3.63) is 97.2 Å². The highest BCUT2D eigenvalue weighted by molar-refractivity contribution is 5.71. The van der Waals surface area contributed by atoms with E-state index in [2.05, 4.69) is 118 Å². The predicted octanol–water partition coefficient (Wildman–Crippen LogP) is 24.8. The van der Waals surface area contributed by atoms with Gasteiger partial charge in [0.2, 0.25) is 0 Å². The molecular formula is C77H134O6. The fourth-order valence-electron chi connectivity index (χ4n) is 10.2. The Kier molecular flexibility index (Phi) is 67.7. The maximum Gasteiger partial charge on any atom is 0.306 e. The van der Waals surface area contributed by atoms with Gasteiger partial charge in [0.05, 0.1) is 0 Å². The van der Waals surface area contributed by atoms with Crippen LogP contribution in [0.1, 0.15) is 355 Å². The third-order valence-electron chi connectivity index (χ3n) is 15.6. The lowest BCUT2D eigenvalue weighted by Crippen LogP contribution is -2.30. The van der Waals surface area contributed by atoms with Crippen LogP contribution >= 0.6 is 0 Å². The lowest BCUT2D eigenvalue weighted by molar-refractivity contribution is -0.167. The zero-order valence-electron chi connectivity index (χ0n) is 54.9. The van der Waals surface area contributed by atoms with Crippen molar-refractivity contribution in [2.24, 2.45) is 0 Å². The fraction of sp³-hybridized carbons (Fsp3) is 0.753. The second-order valence-corrected chi connectivity index (χ2v) is 23.8. The zero-order chi connectivity index (χ0) is 59.9. The molecule has 1 unspecified atom stereocenters. The van der Waals surface area contributed by atoms with E-state index in [-0.39, 0.29) is 31.1 Å². The summed E-state index contributed by atoms with van der Waals surface area (Å²) < 4.78 is 17.0. The molecule has 83 heavy (non-hydrogen) atoms. The standard InChI is InChI=1S/C77H134O6/c1-4-7-10-13-16-19-22-25-28-31-33-34-35-36-37-38-39-40-41-42-44-46-49-52-55-58-61-64-67-70-76(79)82-73-74(72-81-75(78)69-66-63-60-57-54-51-48-45-30-27-24-21-18-15-12-9-6-3)83-77(80)71-68-65-62-59-56-53-50-47-43-32-29-26-23-20-17-14-11-8-5-2/h7,10,16,19,25-26,28-29,33-34,36-37,39-40,42,44,74H,4-6,8-9,11-15,17-18,20-24,27,30-32,35,38,41,43,45-73H2,1-3H3/b10-7-,19-16-,28-25-,29-26-,34-33-,37-36-,40-39-,44-42-. The molecule has 0 aromatic rings. The summed E-state index contributed by atoms with van der Waals surface area (Å²) in [4.78, 5) is 38.5. The molecule has 0 spiro atoms. The normalized spacial score (nSPS) is 12.7. The number of allylic oxidation sites excluding steroid dienone is 16. The van der Waals surface area contributed by atoms with Crippen molar-refractivity contribution in [1.82, 2.24) is 0 Å². The van der Waals surface area contributed by atoms with Gasteiger partial charge in [-0.05, 0) is 103 Å². The molecule has 1 atom stereocenters. The molecular weight excluding hydrogens is 1020 g/mol. The average molecular weight is 1160 g/mol. The van der Waals surface area contributed by atoms with Crippen LogP contribution in [0.4, 0.5) is 0 Å². The number of carbonyl (C=O) groups is 3. The van der Waals surface area contributed by atoms with Gasteiger partial charge in [0, 0.05) is 19.3 Å². The number of esters is 3. The van der Waals surface area contributed by atoms with E-state index in [0.29, 0.717) is 19.3 Å². The molecule has 0 aromatic heterocycles. The Bertz CT molecular complexity index is 1610. The van der Waals surface area contributed by atoms with Crippen LogP contribution in [0.15, 0.2) is 97.2 Å². The summed E-state index contributed by atoms with van der Waals surface area (Å²) in [7, 11) is 0. The van der Waals surface area contributed by atoms with Gasteiger partial charge in [-0.2, -0.15) is 0 Å². The van der Waals surface area contributed by atoms with E-state index in [1.807, 2.05) is 0 Å². The van der Waals surface area contributed by atoms with Crippen molar-refractivity contribution in [1.29, 1.82) is 0 Å². The second kappa shape index (κ2) is 70.8. The van der Waals surface area contributed by atoms with Crippen LogP contribution in [0.3, 0.4) is 0 Å². The third kappa shape index (κ3) is 69.0. The molecule has 0 saturated carbocycles. The minimum Gasteiger partial charge on any atom is -0.462 e. The van der Waals surface area contributed by atoms with Crippen molar-refractivity contribution in [3.63, 3.8) is 0 Å². The molecule has 0 heterocycles. The van der Waals surface area contributed by atoms with Crippen LogP contribution in [0, 0.1) is 0 Å². The summed E-state index contributed by atoms with van der Waals surface area (Å²) in [6, 6.07) is 0. The van der Waals surface area contributed by atoms with Crippen LogP contribution in [0.5, 0.6) is 0 Å². The smallest absolute Gasteiger partial charge is 0.306 e. The SMILES string of the molecule is CC/C=C\C/C=C\C/C=C\C/C=C\C/C=C\C/C=C\C/C=C\CCCCCCCCCC(=O)OCC(COC(=O)CCCCCCCCCCCCCCCCCCC)OC(=O)CCCCCCCCCCC/C=C\CCCCCCCC. The van der Waals surface area contributed by atoms with Gasteiger partial charge in [0.25, 0.3) is 0 Å². The zero-order valence-corrected chi connectivity index (χ0v) is 54.9. The minimum atomic E-state index is -0.784. The van der Waals surface area contributed by atoms with Gasteiger partial charge >= 0.3 is 17.9 Å². The average Bonchev–Trinajstić information content (AvgIpc) is 3.49. The Labute approximate surface area is 515 Å². The topological polar surface area (TPSA) is 78.9 Å². The molecule has 0 aliphatic heterocycles. The molecule has 6 nitrogen and oxygen atoms in total. The Morgan fingerprint density at radius 1 is 0.253 bits per heavy atom. The van der Waals surface area contributed by atoms with Crippen molar-refractivity contribution in [2.45, 2.75) is 361 Å². The number of carbonyl (C=O) groups excluding carboxylic acids is 3. The maximum atomic E-state index is 13.0. The first-order valence-corrected chi connectivity index (χ1v) is 35.7. The van der Waals surface area contributed by atoms with Crippen LogP contribution < -0.4 is 0 Å². The van der Waals surface area contributed by atoms with E-state index in [1.165, 1.54) is 205 Å². The largest absolute Gasteiger partial charge is 0.462 e. The lowest BCUT2D eigenvalue weighted by atomic mass is 10.0. The van der Waals surface area contributed by atoms with E-state index in [9.17, 15) is 14.4 Å². The van der Waals surface area contributed by atoms with E-state index in [0.717, 1.165) is 109 Å². The van der Waals surface area contributed by atoms with Crippen molar-refractivity contribution in [2.75, 3.05) is 13.2 Å². The first-order chi connectivity index (χ1) is 41.0. The monoisotopic (exact) mass is 1160 g/mol. The van der Waals surface area contributed by atoms with Crippen LogP contribution in [0.25, 0.3) is 0 Å². The van der Waals surface area contributed by atoms with Gasteiger partial charge in [-0.3, -0.25) is 14.4 Å². The van der Waals surface area contributed by atoms with Gasteiger partial charge in [0.15, 0.2) is 6.10 Å². The summed E-state index contributed by atoms with van der Waals surface area (Å²) >= 11 is 0. The molecule has 0 fully saturated rings. The first-order valence-electron chi connectivity index (χ1n) is 35.7.